The Hall–Kier alpha value is -1.33. The average molecular weight is 197 g/mol. The van der Waals surface area contributed by atoms with Gasteiger partial charge in [0.05, 0.1) is 5.69 Å². The Kier molecular flexibility index (Phi) is 2.15. The molecule has 0 aliphatic rings. The van der Waals surface area contributed by atoms with Gasteiger partial charge in [-0.15, -0.1) is 0 Å². The molecule has 0 heterocycles. The molecule has 0 aromatic heterocycles. The molecule has 1 rings (SSSR count). The minimum atomic E-state index is -4.98. The highest BCUT2D eigenvalue weighted by Crippen LogP contribution is 2.36. The number of nitrogen functional groups attached to an aromatic ring is 1. The molecule has 0 aliphatic heterocycles. The van der Waals surface area contributed by atoms with Crippen molar-refractivity contribution < 1.29 is 22.0 Å². The highest BCUT2D eigenvalue weighted by molar-refractivity contribution is 5.50. The Bertz CT molecular complexity index is 330. The molecule has 13 heavy (non-hydrogen) atoms. The number of anilines is 1. The normalized spacial score (nSPS) is 11.8. The fourth-order valence-electron chi connectivity index (χ4n) is 0.856. The summed E-state index contributed by atoms with van der Waals surface area (Å²) in [4.78, 5) is 0. The Balaban J connectivity index is 3.43. The summed E-state index contributed by atoms with van der Waals surface area (Å²) >= 11 is 0. The van der Waals surface area contributed by atoms with Gasteiger partial charge >= 0.3 is 6.18 Å². The smallest absolute Gasteiger partial charge is 0.396 e. The second-order valence-corrected chi connectivity index (χ2v) is 2.32. The summed E-state index contributed by atoms with van der Waals surface area (Å²) in [7, 11) is 0. The van der Waals surface area contributed by atoms with E-state index in [1.165, 1.54) is 0 Å². The number of rotatable bonds is 0. The lowest BCUT2D eigenvalue weighted by molar-refractivity contribution is -0.139. The van der Waals surface area contributed by atoms with Crippen molar-refractivity contribution in [1.82, 2.24) is 0 Å². The van der Waals surface area contributed by atoms with Crippen LogP contribution < -0.4 is 5.73 Å². The molecule has 0 saturated carbocycles. The van der Waals surface area contributed by atoms with E-state index >= 15 is 0 Å². The van der Waals surface area contributed by atoms with Crippen LogP contribution in [0.5, 0.6) is 0 Å². The molecule has 0 spiro atoms. The fraction of sp³-hybridized carbons (Fsp3) is 0.143. The molecule has 6 heteroatoms. The zero-order valence-corrected chi connectivity index (χ0v) is 6.12. The molecule has 0 atom stereocenters. The van der Waals surface area contributed by atoms with E-state index in [2.05, 4.69) is 0 Å². The first kappa shape index (κ1) is 9.76. The van der Waals surface area contributed by atoms with E-state index in [0.29, 0.717) is 12.1 Å². The van der Waals surface area contributed by atoms with Crippen LogP contribution in [-0.2, 0) is 6.18 Å². The highest BCUT2D eigenvalue weighted by Gasteiger charge is 2.37. The first-order valence-electron chi connectivity index (χ1n) is 3.14. The average Bonchev–Trinajstić information content (AvgIpc) is 1.95. The van der Waals surface area contributed by atoms with Crippen LogP contribution in [-0.4, -0.2) is 0 Å². The Labute approximate surface area is 70.0 Å². The van der Waals surface area contributed by atoms with Gasteiger partial charge in [0.25, 0.3) is 0 Å². The molecule has 0 bridgehead atoms. The molecule has 0 fully saturated rings. The minimum Gasteiger partial charge on any atom is -0.396 e. The SMILES string of the molecule is Nc1c(F)ccc(F)c1C(F)(F)F. The third kappa shape index (κ3) is 1.71. The first-order chi connectivity index (χ1) is 5.84. The standard InChI is InChI=1S/C7H4F5N/c8-3-1-2-4(9)6(13)5(3)7(10,11)12/h1-2H,13H2. The van der Waals surface area contributed by atoms with E-state index in [0.717, 1.165) is 0 Å². The number of alkyl halides is 3. The molecular formula is C7H4F5N. The fourth-order valence-corrected chi connectivity index (χ4v) is 0.856. The zero-order valence-electron chi connectivity index (χ0n) is 6.12. The topological polar surface area (TPSA) is 26.0 Å². The number of nitrogens with two attached hydrogens (primary N) is 1. The second kappa shape index (κ2) is 2.86. The quantitative estimate of drug-likeness (QED) is 0.502. The molecule has 0 saturated heterocycles. The van der Waals surface area contributed by atoms with Gasteiger partial charge in [-0.25, -0.2) is 8.78 Å². The van der Waals surface area contributed by atoms with Gasteiger partial charge in [0.15, 0.2) is 0 Å². The summed E-state index contributed by atoms with van der Waals surface area (Å²) in [6.45, 7) is 0. The highest BCUT2D eigenvalue weighted by atomic mass is 19.4. The second-order valence-electron chi connectivity index (χ2n) is 2.32. The van der Waals surface area contributed by atoms with Crippen LogP contribution in [0.25, 0.3) is 0 Å². The number of hydrogen-bond donors (Lipinski definition) is 1. The Morgan fingerprint density at radius 3 is 1.85 bits per heavy atom. The monoisotopic (exact) mass is 197 g/mol. The van der Waals surface area contributed by atoms with E-state index in [9.17, 15) is 22.0 Å². The van der Waals surface area contributed by atoms with Crippen molar-refractivity contribution >= 4 is 5.69 Å². The molecule has 1 aromatic carbocycles. The summed E-state index contributed by atoms with van der Waals surface area (Å²) in [6.07, 6.45) is -4.98. The molecular weight excluding hydrogens is 193 g/mol. The van der Waals surface area contributed by atoms with Crippen LogP contribution in [0, 0.1) is 11.6 Å². The summed E-state index contributed by atoms with van der Waals surface area (Å²) in [5.41, 5.74) is 1.76. The van der Waals surface area contributed by atoms with Crippen molar-refractivity contribution in [2.75, 3.05) is 5.73 Å². The minimum absolute atomic E-state index is 0.383. The molecule has 1 aromatic rings. The van der Waals surface area contributed by atoms with Crippen LogP contribution in [0.3, 0.4) is 0 Å². The van der Waals surface area contributed by atoms with E-state index in [-0.39, 0.29) is 0 Å². The van der Waals surface area contributed by atoms with E-state index in [1.807, 2.05) is 0 Å². The van der Waals surface area contributed by atoms with Gasteiger partial charge in [0.2, 0.25) is 0 Å². The molecule has 0 aliphatic carbocycles. The largest absolute Gasteiger partial charge is 0.421 e. The predicted molar refractivity (Wildman–Crippen MR) is 35.8 cm³/mol. The van der Waals surface area contributed by atoms with Gasteiger partial charge in [0, 0.05) is 0 Å². The third-order valence-electron chi connectivity index (χ3n) is 1.42. The van der Waals surface area contributed by atoms with Crippen molar-refractivity contribution in [2.24, 2.45) is 0 Å². The van der Waals surface area contributed by atoms with E-state index in [1.54, 1.807) is 0 Å². The summed E-state index contributed by atoms with van der Waals surface area (Å²) in [6, 6.07) is 0.925. The van der Waals surface area contributed by atoms with Gasteiger partial charge in [-0.2, -0.15) is 13.2 Å². The van der Waals surface area contributed by atoms with Gasteiger partial charge < -0.3 is 5.73 Å². The van der Waals surface area contributed by atoms with Gasteiger partial charge in [-0.05, 0) is 12.1 Å². The third-order valence-corrected chi connectivity index (χ3v) is 1.42. The summed E-state index contributed by atoms with van der Waals surface area (Å²) in [5, 5.41) is 0. The lowest BCUT2D eigenvalue weighted by Gasteiger charge is -2.10. The van der Waals surface area contributed by atoms with Crippen LogP contribution >= 0.6 is 0 Å². The van der Waals surface area contributed by atoms with Crippen LogP contribution in [0.2, 0.25) is 0 Å². The summed E-state index contributed by atoms with van der Waals surface area (Å²) in [5.74, 6) is -2.86. The maximum absolute atomic E-state index is 12.6. The van der Waals surface area contributed by atoms with E-state index < -0.39 is 29.1 Å². The maximum atomic E-state index is 12.6. The van der Waals surface area contributed by atoms with Crippen LogP contribution in [0.4, 0.5) is 27.6 Å². The lowest BCUT2D eigenvalue weighted by atomic mass is 10.1. The van der Waals surface area contributed by atoms with Crippen molar-refractivity contribution in [3.05, 3.63) is 29.3 Å². The molecule has 1 nitrogen and oxygen atoms in total. The maximum Gasteiger partial charge on any atom is 0.421 e. The Morgan fingerprint density at radius 1 is 1.00 bits per heavy atom. The van der Waals surface area contributed by atoms with Crippen LogP contribution in [0.15, 0.2) is 12.1 Å². The predicted octanol–water partition coefficient (Wildman–Crippen LogP) is 2.57. The van der Waals surface area contributed by atoms with Crippen molar-refractivity contribution in [3.8, 4) is 0 Å². The van der Waals surface area contributed by atoms with Gasteiger partial charge in [0.1, 0.15) is 17.2 Å². The molecule has 0 unspecified atom stereocenters. The molecule has 0 amide bonds. The Morgan fingerprint density at radius 2 is 1.46 bits per heavy atom. The molecule has 72 valence electrons. The van der Waals surface area contributed by atoms with Crippen molar-refractivity contribution in [2.45, 2.75) is 6.18 Å². The van der Waals surface area contributed by atoms with Gasteiger partial charge in [-0.3, -0.25) is 0 Å². The number of benzene rings is 1. The number of halogens is 5. The van der Waals surface area contributed by atoms with Crippen molar-refractivity contribution in [1.29, 1.82) is 0 Å². The van der Waals surface area contributed by atoms with E-state index in [4.69, 9.17) is 5.73 Å². The molecule has 2 N–H and O–H groups in total. The van der Waals surface area contributed by atoms with Crippen molar-refractivity contribution in [3.63, 3.8) is 0 Å². The molecule has 0 radical (unpaired) electrons. The summed E-state index contributed by atoms with van der Waals surface area (Å²) < 4.78 is 61.1. The first-order valence-corrected chi connectivity index (χ1v) is 3.14. The lowest BCUT2D eigenvalue weighted by Crippen LogP contribution is -2.13. The zero-order chi connectivity index (χ0) is 10.2. The van der Waals surface area contributed by atoms with Gasteiger partial charge in [-0.1, -0.05) is 0 Å². The van der Waals surface area contributed by atoms with Crippen LogP contribution in [0.1, 0.15) is 5.56 Å². The number of hydrogen-bond acceptors (Lipinski definition) is 1.